The summed E-state index contributed by atoms with van der Waals surface area (Å²) in [7, 11) is -2.37. The number of unbranched alkanes of at least 4 members (excludes halogenated alkanes) is 1. The normalized spacial score (nSPS) is 11.8. The van der Waals surface area contributed by atoms with Crippen molar-refractivity contribution in [1.29, 1.82) is 0 Å². The van der Waals surface area contributed by atoms with E-state index in [-0.39, 0.29) is 4.90 Å². The smallest absolute Gasteiger partial charge is 0.338 e. The van der Waals surface area contributed by atoms with Crippen LogP contribution in [0.25, 0.3) is 0 Å². The van der Waals surface area contributed by atoms with Crippen molar-refractivity contribution in [2.75, 3.05) is 13.6 Å². The van der Waals surface area contributed by atoms with Gasteiger partial charge in [-0.15, -0.1) is 0 Å². The van der Waals surface area contributed by atoms with E-state index in [0.29, 0.717) is 13.0 Å². The van der Waals surface area contributed by atoms with Crippen LogP contribution in [0.3, 0.4) is 0 Å². The Labute approximate surface area is 111 Å². The Balaban J connectivity index is 3.15. The van der Waals surface area contributed by atoms with E-state index in [2.05, 4.69) is 0 Å². The summed E-state index contributed by atoms with van der Waals surface area (Å²) < 4.78 is 38.6. The highest BCUT2D eigenvalue weighted by Crippen LogP contribution is 2.18. The Hall–Kier alpha value is -1.47. The number of rotatable bonds is 6. The molecule has 0 aromatic heterocycles. The number of sulfonamides is 1. The van der Waals surface area contributed by atoms with E-state index in [1.807, 2.05) is 6.92 Å². The fourth-order valence-electron chi connectivity index (χ4n) is 1.51. The first-order valence-electron chi connectivity index (χ1n) is 5.80. The quantitative estimate of drug-likeness (QED) is 0.868. The summed E-state index contributed by atoms with van der Waals surface area (Å²) in [4.78, 5) is 10.6. The van der Waals surface area contributed by atoms with Crippen molar-refractivity contribution < 1.29 is 22.7 Å². The lowest BCUT2D eigenvalue weighted by atomic mass is 10.2. The van der Waals surface area contributed by atoms with E-state index in [1.165, 1.54) is 7.05 Å². The molecule has 0 aliphatic heterocycles. The van der Waals surface area contributed by atoms with Gasteiger partial charge in [-0.3, -0.25) is 0 Å². The van der Waals surface area contributed by atoms with Crippen LogP contribution in [0.4, 0.5) is 4.39 Å². The van der Waals surface area contributed by atoms with Gasteiger partial charge in [-0.1, -0.05) is 13.3 Å². The van der Waals surface area contributed by atoms with Gasteiger partial charge in [-0.25, -0.2) is 21.9 Å². The third kappa shape index (κ3) is 3.51. The highest BCUT2D eigenvalue weighted by atomic mass is 32.2. The lowest BCUT2D eigenvalue weighted by Gasteiger charge is -2.17. The average molecular weight is 289 g/mol. The number of benzene rings is 1. The molecule has 0 atom stereocenters. The Morgan fingerprint density at radius 3 is 2.58 bits per heavy atom. The van der Waals surface area contributed by atoms with Crippen molar-refractivity contribution in [2.24, 2.45) is 0 Å². The first-order chi connectivity index (χ1) is 8.80. The number of halogens is 1. The van der Waals surface area contributed by atoms with E-state index in [4.69, 9.17) is 5.11 Å². The van der Waals surface area contributed by atoms with Crippen LogP contribution in [0.15, 0.2) is 23.1 Å². The Kier molecular flexibility index (Phi) is 5.02. The van der Waals surface area contributed by atoms with Crippen molar-refractivity contribution in [3.05, 3.63) is 29.6 Å². The summed E-state index contributed by atoms with van der Waals surface area (Å²) in [6.07, 6.45) is 1.53. The molecule has 0 bridgehead atoms. The molecule has 106 valence electrons. The molecule has 5 nitrogen and oxygen atoms in total. The Morgan fingerprint density at radius 1 is 1.42 bits per heavy atom. The third-order valence-electron chi connectivity index (χ3n) is 2.70. The summed E-state index contributed by atoms with van der Waals surface area (Å²) in [5.41, 5.74) is -0.648. The van der Waals surface area contributed by atoms with Gasteiger partial charge in [0.15, 0.2) is 0 Å². The predicted octanol–water partition coefficient (Wildman–Crippen LogP) is 1.94. The molecule has 0 radical (unpaired) electrons. The van der Waals surface area contributed by atoms with Crippen molar-refractivity contribution >= 4 is 16.0 Å². The first kappa shape index (κ1) is 15.6. The largest absolute Gasteiger partial charge is 0.478 e. The number of carboxylic acids is 1. The van der Waals surface area contributed by atoms with Gasteiger partial charge < -0.3 is 5.11 Å². The minimum atomic E-state index is -3.78. The van der Waals surface area contributed by atoms with E-state index >= 15 is 0 Å². The van der Waals surface area contributed by atoms with Gasteiger partial charge in [0.1, 0.15) is 5.82 Å². The molecule has 0 saturated carbocycles. The molecule has 0 fully saturated rings. The summed E-state index contributed by atoms with van der Waals surface area (Å²) in [6, 6.07) is 2.76. The SMILES string of the molecule is CCCCN(C)S(=O)(=O)c1ccc(F)c(C(=O)O)c1. The van der Waals surface area contributed by atoms with Crippen LogP contribution in [-0.4, -0.2) is 37.4 Å². The van der Waals surface area contributed by atoms with Crippen molar-refractivity contribution in [3.8, 4) is 0 Å². The second-order valence-electron chi connectivity index (χ2n) is 4.13. The molecule has 0 heterocycles. The zero-order chi connectivity index (χ0) is 14.6. The Bertz CT molecular complexity index is 571. The van der Waals surface area contributed by atoms with Gasteiger partial charge in [0.05, 0.1) is 10.5 Å². The maximum Gasteiger partial charge on any atom is 0.338 e. The van der Waals surface area contributed by atoms with Crippen LogP contribution < -0.4 is 0 Å². The molecular formula is C12H16FNO4S. The summed E-state index contributed by atoms with van der Waals surface area (Å²) in [6.45, 7) is 2.26. The lowest BCUT2D eigenvalue weighted by molar-refractivity contribution is 0.0691. The second-order valence-corrected chi connectivity index (χ2v) is 6.17. The zero-order valence-corrected chi connectivity index (χ0v) is 11.6. The molecule has 7 heteroatoms. The lowest BCUT2D eigenvalue weighted by Crippen LogP contribution is -2.28. The van der Waals surface area contributed by atoms with Crippen LogP contribution in [0.2, 0.25) is 0 Å². The fourth-order valence-corrected chi connectivity index (χ4v) is 2.75. The van der Waals surface area contributed by atoms with Crippen LogP contribution in [-0.2, 0) is 10.0 Å². The number of aromatic carboxylic acids is 1. The molecule has 0 aliphatic rings. The topological polar surface area (TPSA) is 74.7 Å². The standard InChI is InChI=1S/C12H16FNO4S/c1-3-4-7-14(2)19(17,18)9-5-6-11(13)10(8-9)12(15)16/h5-6,8H,3-4,7H2,1-2H3,(H,15,16). The van der Waals surface area contributed by atoms with E-state index in [1.54, 1.807) is 0 Å². The summed E-state index contributed by atoms with van der Waals surface area (Å²) in [5, 5.41) is 8.79. The van der Waals surface area contributed by atoms with Gasteiger partial charge in [0.25, 0.3) is 0 Å². The second kappa shape index (κ2) is 6.12. The van der Waals surface area contributed by atoms with Crippen LogP contribution in [0.5, 0.6) is 0 Å². The molecular weight excluding hydrogens is 273 g/mol. The molecule has 1 rings (SSSR count). The molecule has 0 aliphatic carbocycles. The Morgan fingerprint density at radius 2 is 2.05 bits per heavy atom. The molecule has 0 saturated heterocycles. The van der Waals surface area contributed by atoms with Gasteiger partial charge in [-0.05, 0) is 24.6 Å². The monoisotopic (exact) mass is 289 g/mol. The van der Waals surface area contributed by atoms with Crippen LogP contribution in [0, 0.1) is 5.82 Å². The molecule has 1 N–H and O–H groups in total. The number of carbonyl (C=O) groups is 1. The number of nitrogens with zero attached hydrogens (tertiary/aromatic N) is 1. The highest BCUT2D eigenvalue weighted by molar-refractivity contribution is 7.89. The average Bonchev–Trinajstić information content (AvgIpc) is 2.35. The molecule has 1 aromatic carbocycles. The zero-order valence-electron chi connectivity index (χ0n) is 10.8. The van der Waals surface area contributed by atoms with Crippen LogP contribution in [0.1, 0.15) is 30.1 Å². The van der Waals surface area contributed by atoms with Crippen molar-refractivity contribution in [1.82, 2.24) is 4.31 Å². The highest BCUT2D eigenvalue weighted by Gasteiger charge is 2.23. The first-order valence-corrected chi connectivity index (χ1v) is 7.24. The van der Waals surface area contributed by atoms with Crippen LogP contribution >= 0.6 is 0 Å². The summed E-state index contributed by atoms with van der Waals surface area (Å²) >= 11 is 0. The fraction of sp³-hybridized carbons (Fsp3) is 0.417. The molecule has 0 spiro atoms. The maximum atomic E-state index is 13.2. The van der Waals surface area contributed by atoms with Gasteiger partial charge in [-0.2, -0.15) is 0 Å². The molecule has 19 heavy (non-hydrogen) atoms. The van der Waals surface area contributed by atoms with E-state index < -0.39 is 27.4 Å². The van der Waals surface area contributed by atoms with Crippen molar-refractivity contribution in [2.45, 2.75) is 24.7 Å². The molecule has 0 amide bonds. The predicted molar refractivity (Wildman–Crippen MR) is 68.1 cm³/mol. The van der Waals surface area contributed by atoms with E-state index in [9.17, 15) is 17.6 Å². The number of hydrogen-bond donors (Lipinski definition) is 1. The molecule has 0 unspecified atom stereocenters. The maximum absolute atomic E-state index is 13.2. The van der Waals surface area contributed by atoms with Gasteiger partial charge in [0.2, 0.25) is 10.0 Å². The van der Waals surface area contributed by atoms with E-state index in [0.717, 1.165) is 28.9 Å². The van der Waals surface area contributed by atoms with Crippen molar-refractivity contribution in [3.63, 3.8) is 0 Å². The van der Waals surface area contributed by atoms with Gasteiger partial charge in [0, 0.05) is 13.6 Å². The number of carboxylic acid groups (broad SMARTS) is 1. The minimum Gasteiger partial charge on any atom is -0.478 e. The number of hydrogen-bond acceptors (Lipinski definition) is 3. The minimum absolute atomic E-state index is 0.218. The summed E-state index contributed by atoms with van der Waals surface area (Å²) in [5.74, 6) is -2.45. The third-order valence-corrected chi connectivity index (χ3v) is 4.56. The molecule has 1 aromatic rings. The van der Waals surface area contributed by atoms with Gasteiger partial charge >= 0.3 is 5.97 Å².